The third-order valence-corrected chi connectivity index (χ3v) is 1.06. The molecule has 1 aliphatic heterocycles. The Balaban J connectivity index is 2.72. The first-order chi connectivity index (χ1) is 4.70. The van der Waals surface area contributed by atoms with Crippen LogP contribution in [-0.2, 0) is 9.53 Å². The topological polar surface area (TPSA) is 29.5 Å². The first kappa shape index (κ1) is 6.86. The highest BCUT2D eigenvalue weighted by Gasteiger charge is 2.12. The number of nitrogens with zero attached hydrogens (tertiary/aromatic N) is 1. The quantitative estimate of drug-likeness (QED) is 0.391. The molecule has 0 aromatic carbocycles. The lowest BCUT2D eigenvalue weighted by atomic mass is 10.3. The molecule has 0 radical (unpaired) electrons. The molecule has 0 N–H and O–H groups in total. The van der Waals surface area contributed by atoms with Gasteiger partial charge in [0.25, 0.3) is 0 Å². The molecule has 0 saturated carbocycles. The minimum absolute atomic E-state index is 0.284. The molecule has 10 heavy (non-hydrogen) atoms. The summed E-state index contributed by atoms with van der Waals surface area (Å²) in [6.07, 6.45) is 4.74. The summed E-state index contributed by atoms with van der Waals surface area (Å²) < 4.78 is 4.55. The van der Waals surface area contributed by atoms with Crippen molar-refractivity contribution < 1.29 is 9.53 Å². The first-order valence-corrected chi connectivity index (χ1v) is 2.96. The van der Waals surface area contributed by atoms with Gasteiger partial charge in [-0.05, 0) is 6.08 Å². The zero-order chi connectivity index (χ0) is 7.56. The van der Waals surface area contributed by atoms with Crippen molar-refractivity contribution in [2.24, 2.45) is 0 Å². The van der Waals surface area contributed by atoms with Crippen LogP contribution in [0.5, 0.6) is 0 Å². The Morgan fingerprint density at radius 2 is 2.30 bits per heavy atom. The average molecular weight is 139 g/mol. The van der Waals surface area contributed by atoms with Gasteiger partial charge in [-0.3, -0.25) is 0 Å². The number of esters is 1. The zero-order valence-electron chi connectivity index (χ0n) is 6.00. The Bertz CT molecular complexity index is 204. The van der Waals surface area contributed by atoms with Gasteiger partial charge in [0.1, 0.15) is 0 Å². The summed E-state index contributed by atoms with van der Waals surface area (Å²) in [4.78, 5) is 12.5. The van der Waals surface area contributed by atoms with Gasteiger partial charge < -0.3 is 9.64 Å². The van der Waals surface area contributed by atoms with Gasteiger partial charge in [0, 0.05) is 20.3 Å². The van der Waals surface area contributed by atoms with Crippen LogP contribution in [0.1, 0.15) is 0 Å². The minimum atomic E-state index is -0.284. The van der Waals surface area contributed by atoms with Crippen LogP contribution in [0.2, 0.25) is 0 Å². The van der Waals surface area contributed by atoms with Crippen LogP contribution in [0.4, 0.5) is 0 Å². The lowest BCUT2D eigenvalue weighted by Crippen LogP contribution is -2.05. The molecule has 0 spiro atoms. The van der Waals surface area contributed by atoms with Gasteiger partial charge in [-0.1, -0.05) is 0 Å². The maximum absolute atomic E-state index is 10.7. The maximum atomic E-state index is 10.7. The summed E-state index contributed by atoms with van der Waals surface area (Å²) in [6.45, 7) is 0. The van der Waals surface area contributed by atoms with Crippen molar-refractivity contribution in [1.82, 2.24) is 4.90 Å². The average Bonchev–Trinajstić information content (AvgIpc) is 2.15. The van der Waals surface area contributed by atoms with E-state index in [0.717, 1.165) is 0 Å². The van der Waals surface area contributed by atoms with Crippen molar-refractivity contribution in [1.29, 1.82) is 0 Å². The van der Waals surface area contributed by atoms with Gasteiger partial charge in [0.15, 0.2) is 0 Å². The Hall–Kier alpha value is -1.25. The molecule has 1 aliphatic rings. The van der Waals surface area contributed by atoms with Gasteiger partial charge in [0.2, 0.25) is 0 Å². The van der Waals surface area contributed by atoms with E-state index >= 15 is 0 Å². The lowest BCUT2D eigenvalue weighted by molar-refractivity contribution is -0.132. The van der Waals surface area contributed by atoms with Crippen LogP contribution in [-0.4, -0.2) is 25.0 Å². The van der Waals surface area contributed by atoms with E-state index in [-0.39, 0.29) is 5.97 Å². The normalized spacial score (nSPS) is 19.8. The zero-order valence-corrected chi connectivity index (χ0v) is 6.00. The van der Waals surface area contributed by atoms with E-state index < -0.39 is 0 Å². The molecule has 3 heteroatoms. The summed E-state index contributed by atoms with van der Waals surface area (Å²) in [7, 11) is 3.71. The second kappa shape index (κ2) is 2.56. The molecule has 1 rings (SSSR count). The third kappa shape index (κ3) is 1.37. The van der Waals surface area contributed by atoms with Crippen LogP contribution in [0, 0.1) is 0 Å². The Labute approximate surface area is 59.6 Å². The highest BCUT2D eigenvalue weighted by atomic mass is 16.5. The van der Waals surface area contributed by atoms with Gasteiger partial charge in [-0.25, -0.2) is 4.79 Å². The summed E-state index contributed by atoms with van der Waals surface area (Å²) in [5.41, 5.74) is 0.588. The molecule has 0 unspecified atom stereocenters. The summed E-state index contributed by atoms with van der Waals surface area (Å²) in [6, 6.07) is 0. The van der Waals surface area contributed by atoms with E-state index in [1.165, 1.54) is 6.26 Å². The van der Waals surface area contributed by atoms with Crippen molar-refractivity contribution in [2.45, 2.75) is 0 Å². The van der Waals surface area contributed by atoms with E-state index in [1.54, 1.807) is 17.2 Å². The lowest BCUT2D eigenvalue weighted by Gasteiger charge is -2.03. The van der Waals surface area contributed by atoms with Gasteiger partial charge >= 0.3 is 5.97 Å². The molecule has 3 nitrogen and oxygen atoms in total. The van der Waals surface area contributed by atoms with Crippen LogP contribution in [0.3, 0.4) is 0 Å². The number of rotatable bonds is 1. The molecule has 0 atom stereocenters. The SMILES string of the molecule is CN(C)C=C1C=COC1=O. The van der Waals surface area contributed by atoms with E-state index in [4.69, 9.17) is 0 Å². The Morgan fingerprint density at radius 3 is 2.70 bits per heavy atom. The molecule has 54 valence electrons. The minimum Gasteiger partial charge on any atom is -0.431 e. The predicted molar refractivity (Wildman–Crippen MR) is 37.0 cm³/mol. The van der Waals surface area contributed by atoms with E-state index in [1.807, 2.05) is 14.1 Å². The maximum Gasteiger partial charge on any atom is 0.344 e. The van der Waals surface area contributed by atoms with Crippen molar-refractivity contribution >= 4 is 5.97 Å². The van der Waals surface area contributed by atoms with Crippen LogP contribution in [0.25, 0.3) is 0 Å². The molecule has 0 aromatic heterocycles. The summed E-state index contributed by atoms with van der Waals surface area (Å²) in [5, 5.41) is 0. The van der Waals surface area contributed by atoms with Crippen LogP contribution >= 0.6 is 0 Å². The second-order valence-corrected chi connectivity index (χ2v) is 2.26. The molecule has 0 amide bonds. The smallest absolute Gasteiger partial charge is 0.344 e. The van der Waals surface area contributed by atoms with Crippen molar-refractivity contribution in [3.8, 4) is 0 Å². The van der Waals surface area contributed by atoms with Gasteiger partial charge in [-0.15, -0.1) is 0 Å². The second-order valence-electron chi connectivity index (χ2n) is 2.26. The van der Waals surface area contributed by atoms with Crippen molar-refractivity contribution in [3.63, 3.8) is 0 Å². The van der Waals surface area contributed by atoms with E-state index in [9.17, 15) is 4.79 Å². The standard InChI is InChI=1S/C7H9NO2/c1-8(2)5-6-3-4-10-7(6)9/h3-5H,1-2H3. The van der Waals surface area contributed by atoms with Crippen molar-refractivity contribution in [2.75, 3.05) is 14.1 Å². The highest BCUT2D eigenvalue weighted by Crippen LogP contribution is 2.08. The number of carbonyl (C=O) groups is 1. The summed E-state index contributed by atoms with van der Waals surface area (Å²) in [5.74, 6) is -0.284. The Morgan fingerprint density at radius 1 is 1.60 bits per heavy atom. The molecule has 0 bridgehead atoms. The monoisotopic (exact) mass is 139 g/mol. The number of cyclic esters (lactones) is 1. The van der Waals surface area contributed by atoms with E-state index in [0.29, 0.717) is 5.57 Å². The summed E-state index contributed by atoms with van der Waals surface area (Å²) >= 11 is 0. The largest absolute Gasteiger partial charge is 0.431 e. The third-order valence-electron chi connectivity index (χ3n) is 1.06. The molecular weight excluding hydrogens is 130 g/mol. The number of ether oxygens (including phenoxy) is 1. The number of hydrogen-bond donors (Lipinski definition) is 0. The molecule has 0 aromatic rings. The Kier molecular flexibility index (Phi) is 1.76. The fourth-order valence-electron chi connectivity index (χ4n) is 0.679. The van der Waals surface area contributed by atoms with E-state index in [2.05, 4.69) is 4.74 Å². The molecule has 1 heterocycles. The highest BCUT2D eigenvalue weighted by molar-refractivity contribution is 5.93. The molecular formula is C7H9NO2. The fourth-order valence-corrected chi connectivity index (χ4v) is 0.679. The van der Waals surface area contributed by atoms with Crippen LogP contribution in [0.15, 0.2) is 24.1 Å². The van der Waals surface area contributed by atoms with Gasteiger partial charge in [-0.2, -0.15) is 0 Å². The number of carbonyl (C=O) groups excluding carboxylic acids is 1. The van der Waals surface area contributed by atoms with Crippen molar-refractivity contribution in [3.05, 3.63) is 24.1 Å². The molecule has 0 aliphatic carbocycles. The number of hydrogen-bond acceptors (Lipinski definition) is 3. The molecule has 0 fully saturated rings. The first-order valence-electron chi connectivity index (χ1n) is 2.96. The predicted octanol–water partition coefficient (Wildman–Crippen LogP) is 0.502. The fraction of sp³-hybridized carbons (Fsp3) is 0.286. The van der Waals surface area contributed by atoms with Gasteiger partial charge in [0.05, 0.1) is 11.8 Å². The van der Waals surface area contributed by atoms with Crippen LogP contribution < -0.4 is 0 Å². The molecule has 0 saturated heterocycles.